The molecule has 0 heterocycles. The van der Waals surface area contributed by atoms with Crippen molar-refractivity contribution < 1.29 is 19.0 Å². The average molecular weight is 353 g/mol. The van der Waals surface area contributed by atoms with Crippen molar-refractivity contribution in [3.8, 4) is 17.2 Å². The van der Waals surface area contributed by atoms with Gasteiger partial charge in [-0.3, -0.25) is 0 Å². The number of rotatable bonds is 5. The Hall–Kier alpha value is -2.71. The molecule has 2 aromatic carbocycles. The summed E-state index contributed by atoms with van der Waals surface area (Å²) in [6, 6.07) is 11.0. The van der Waals surface area contributed by atoms with Gasteiger partial charge in [0.1, 0.15) is 11.9 Å². The maximum absolute atomic E-state index is 14.1. The highest BCUT2D eigenvalue weighted by Gasteiger charge is 2.15. The van der Waals surface area contributed by atoms with E-state index in [1.54, 1.807) is 6.07 Å². The summed E-state index contributed by atoms with van der Waals surface area (Å²) in [5.74, 6) is -1.54. The lowest BCUT2D eigenvalue weighted by Gasteiger charge is -2.22. The number of carbonyl (C=O) groups is 1. The molecule has 26 heavy (non-hydrogen) atoms. The maximum Gasteiger partial charge on any atom is 0.337 e. The zero-order valence-corrected chi connectivity index (χ0v) is 14.4. The Balaban J connectivity index is 1.83. The third-order valence-electron chi connectivity index (χ3n) is 4.70. The van der Waals surface area contributed by atoms with Crippen LogP contribution in [-0.2, 0) is 11.3 Å². The second-order valence-corrected chi connectivity index (χ2v) is 6.60. The van der Waals surface area contributed by atoms with Crippen molar-refractivity contribution in [2.24, 2.45) is 0 Å². The standard InChI is InChI=1S/C21H20FNO3/c22-18-9-14(13-26-19-4-2-1-3-5-19)8-16(11-18)15-6-7-20(21(24)25)17(10-15)12-23/h6-11,19H,1-5,13H2,(H,24,25). The maximum atomic E-state index is 14.1. The summed E-state index contributed by atoms with van der Waals surface area (Å²) in [6.45, 7) is 0.341. The van der Waals surface area contributed by atoms with Crippen LogP contribution in [0.2, 0.25) is 0 Å². The van der Waals surface area contributed by atoms with E-state index in [0.29, 0.717) is 17.7 Å². The predicted octanol–water partition coefficient (Wildman–Crippen LogP) is 4.91. The van der Waals surface area contributed by atoms with Gasteiger partial charge in [0, 0.05) is 0 Å². The van der Waals surface area contributed by atoms with Gasteiger partial charge in [0.25, 0.3) is 0 Å². The molecule has 2 aromatic rings. The van der Waals surface area contributed by atoms with Crippen LogP contribution in [0.5, 0.6) is 0 Å². The number of hydrogen-bond donors (Lipinski definition) is 1. The number of nitrogens with zero attached hydrogens (tertiary/aromatic N) is 1. The predicted molar refractivity (Wildman–Crippen MR) is 95.2 cm³/mol. The number of ether oxygens (including phenoxy) is 1. The van der Waals surface area contributed by atoms with Crippen molar-refractivity contribution in [3.63, 3.8) is 0 Å². The monoisotopic (exact) mass is 353 g/mol. The van der Waals surface area contributed by atoms with Crippen LogP contribution >= 0.6 is 0 Å². The van der Waals surface area contributed by atoms with Gasteiger partial charge in [0.15, 0.2) is 0 Å². The summed E-state index contributed by atoms with van der Waals surface area (Å²) >= 11 is 0. The smallest absolute Gasteiger partial charge is 0.337 e. The molecule has 0 atom stereocenters. The van der Waals surface area contributed by atoms with Gasteiger partial charge in [-0.15, -0.1) is 0 Å². The van der Waals surface area contributed by atoms with Crippen LogP contribution < -0.4 is 0 Å². The molecule has 0 aromatic heterocycles. The third kappa shape index (κ3) is 4.27. The molecular weight excluding hydrogens is 333 g/mol. The summed E-state index contributed by atoms with van der Waals surface area (Å²) in [4.78, 5) is 11.1. The van der Waals surface area contributed by atoms with Gasteiger partial charge in [0.05, 0.1) is 23.8 Å². The molecule has 0 bridgehead atoms. The molecule has 1 aliphatic carbocycles. The van der Waals surface area contributed by atoms with E-state index in [2.05, 4.69) is 0 Å². The molecule has 0 saturated heterocycles. The molecule has 1 saturated carbocycles. The van der Waals surface area contributed by atoms with E-state index in [0.717, 1.165) is 18.4 Å². The molecule has 0 aliphatic heterocycles. The van der Waals surface area contributed by atoms with E-state index in [1.807, 2.05) is 12.1 Å². The lowest BCUT2D eigenvalue weighted by Crippen LogP contribution is -2.16. The molecular formula is C21H20FNO3. The molecule has 0 unspecified atom stereocenters. The Kier molecular flexibility index (Phi) is 5.65. The van der Waals surface area contributed by atoms with Crippen molar-refractivity contribution in [2.75, 3.05) is 0 Å². The van der Waals surface area contributed by atoms with Crippen molar-refractivity contribution >= 4 is 5.97 Å². The van der Waals surface area contributed by atoms with Crippen molar-refractivity contribution in [2.45, 2.75) is 44.8 Å². The first-order valence-electron chi connectivity index (χ1n) is 8.75. The number of hydrogen-bond acceptors (Lipinski definition) is 3. The summed E-state index contributed by atoms with van der Waals surface area (Å²) in [5.41, 5.74) is 1.92. The molecule has 4 nitrogen and oxygen atoms in total. The highest BCUT2D eigenvalue weighted by atomic mass is 19.1. The molecule has 3 rings (SSSR count). The zero-order chi connectivity index (χ0) is 18.5. The fourth-order valence-electron chi connectivity index (χ4n) is 3.35. The van der Waals surface area contributed by atoms with Crippen LogP contribution in [0.1, 0.15) is 53.6 Å². The zero-order valence-electron chi connectivity index (χ0n) is 14.4. The quantitative estimate of drug-likeness (QED) is 0.829. The van der Waals surface area contributed by atoms with E-state index in [-0.39, 0.29) is 23.0 Å². The second kappa shape index (κ2) is 8.11. The van der Waals surface area contributed by atoms with Gasteiger partial charge in [-0.05, 0) is 59.9 Å². The van der Waals surface area contributed by atoms with Crippen LogP contribution in [0.15, 0.2) is 36.4 Å². The topological polar surface area (TPSA) is 70.3 Å². The summed E-state index contributed by atoms with van der Waals surface area (Å²) in [7, 11) is 0. The summed E-state index contributed by atoms with van der Waals surface area (Å²) < 4.78 is 20.0. The molecule has 1 N–H and O–H groups in total. The Morgan fingerprint density at radius 2 is 1.92 bits per heavy atom. The molecule has 0 spiro atoms. The fraction of sp³-hybridized carbons (Fsp3) is 0.333. The van der Waals surface area contributed by atoms with Crippen molar-refractivity contribution in [1.82, 2.24) is 0 Å². The summed E-state index contributed by atoms with van der Waals surface area (Å²) in [5, 5.41) is 18.3. The van der Waals surface area contributed by atoms with Crippen LogP contribution in [-0.4, -0.2) is 17.2 Å². The largest absolute Gasteiger partial charge is 0.478 e. The van der Waals surface area contributed by atoms with E-state index >= 15 is 0 Å². The second-order valence-electron chi connectivity index (χ2n) is 6.60. The first-order valence-corrected chi connectivity index (χ1v) is 8.75. The first-order chi connectivity index (χ1) is 12.6. The van der Waals surface area contributed by atoms with Crippen molar-refractivity contribution in [1.29, 1.82) is 5.26 Å². The number of carboxylic acid groups (broad SMARTS) is 1. The van der Waals surface area contributed by atoms with Crippen LogP contribution in [0.25, 0.3) is 11.1 Å². The van der Waals surface area contributed by atoms with Crippen LogP contribution in [0.3, 0.4) is 0 Å². The van der Waals surface area contributed by atoms with Gasteiger partial charge in [-0.2, -0.15) is 5.26 Å². The lowest BCUT2D eigenvalue weighted by molar-refractivity contribution is 0.0168. The first kappa shape index (κ1) is 18.1. The number of aromatic carboxylic acids is 1. The minimum Gasteiger partial charge on any atom is -0.478 e. The van der Waals surface area contributed by atoms with Gasteiger partial charge >= 0.3 is 5.97 Å². The van der Waals surface area contributed by atoms with Crippen molar-refractivity contribution in [3.05, 3.63) is 58.9 Å². The molecule has 1 fully saturated rings. The van der Waals surface area contributed by atoms with Gasteiger partial charge in [0.2, 0.25) is 0 Å². The Bertz CT molecular complexity index is 851. The Labute approximate surface area is 151 Å². The lowest BCUT2D eigenvalue weighted by atomic mass is 9.97. The van der Waals surface area contributed by atoms with E-state index in [9.17, 15) is 9.18 Å². The SMILES string of the molecule is N#Cc1cc(-c2cc(F)cc(COC3CCCCC3)c2)ccc1C(=O)O. The number of carboxylic acids is 1. The minimum absolute atomic E-state index is 0.0549. The van der Waals surface area contributed by atoms with E-state index in [4.69, 9.17) is 15.1 Å². The summed E-state index contributed by atoms with van der Waals surface area (Å²) in [6.07, 6.45) is 5.92. The van der Waals surface area contributed by atoms with Gasteiger partial charge < -0.3 is 9.84 Å². The molecule has 5 heteroatoms. The highest BCUT2D eigenvalue weighted by Crippen LogP contribution is 2.26. The Morgan fingerprint density at radius 3 is 2.62 bits per heavy atom. The molecule has 1 aliphatic rings. The minimum atomic E-state index is -1.16. The fourth-order valence-corrected chi connectivity index (χ4v) is 3.35. The van der Waals surface area contributed by atoms with E-state index in [1.165, 1.54) is 43.5 Å². The molecule has 134 valence electrons. The number of halogens is 1. The van der Waals surface area contributed by atoms with Gasteiger partial charge in [-0.1, -0.05) is 25.3 Å². The van der Waals surface area contributed by atoms with Crippen LogP contribution in [0, 0.1) is 17.1 Å². The van der Waals surface area contributed by atoms with Crippen LogP contribution in [0.4, 0.5) is 4.39 Å². The third-order valence-corrected chi connectivity index (χ3v) is 4.70. The number of nitriles is 1. The molecule has 0 amide bonds. The number of benzene rings is 2. The Morgan fingerprint density at radius 1 is 1.15 bits per heavy atom. The van der Waals surface area contributed by atoms with E-state index < -0.39 is 5.97 Å². The average Bonchev–Trinajstić information content (AvgIpc) is 2.66. The highest BCUT2D eigenvalue weighted by molar-refractivity contribution is 5.91. The molecule has 0 radical (unpaired) electrons. The normalized spacial score (nSPS) is 14.8. The van der Waals surface area contributed by atoms with Gasteiger partial charge in [-0.25, -0.2) is 9.18 Å².